The molecule has 24 heavy (non-hydrogen) atoms. The minimum atomic E-state index is -0.829. The van der Waals surface area contributed by atoms with Gasteiger partial charge in [-0.1, -0.05) is 62.4 Å². The summed E-state index contributed by atoms with van der Waals surface area (Å²) < 4.78 is 0. The Kier molecular flexibility index (Phi) is 6.82. The minimum Gasteiger partial charge on any atom is -0.479 e. The van der Waals surface area contributed by atoms with E-state index in [0.717, 1.165) is 30.9 Å². The molecule has 0 radical (unpaired) electrons. The third kappa shape index (κ3) is 4.59. The van der Waals surface area contributed by atoms with Crippen LogP contribution in [-0.2, 0) is 4.79 Å². The van der Waals surface area contributed by atoms with Gasteiger partial charge in [-0.2, -0.15) is 0 Å². The van der Waals surface area contributed by atoms with E-state index in [2.05, 4.69) is 18.7 Å². The molecule has 0 aliphatic rings. The quantitative estimate of drug-likeness (QED) is 0.764. The largest absolute Gasteiger partial charge is 0.479 e. The van der Waals surface area contributed by atoms with Crippen molar-refractivity contribution in [2.45, 2.75) is 19.9 Å². The van der Waals surface area contributed by atoms with Gasteiger partial charge in [0, 0.05) is 18.8 Å². The molecule has 1 atom stereocenters. The first-order valence-corrected chi connectivity index (χ1v) is 8.49. The van der Waals surface area contributed by atoms with Crippen LogP contribution in [0.3, 0.4) is 0 Å². The Morgan fingerprint density at radius 1 is 0.917 bits per heavy atom. The first-order valence-electron chi connectivity index (χ1n) is 8.49. The van der Waals surface area contributed by atoms with Gasteiger partial charge in [-0.05, 0) is 30.8 Å². The first kappa shape index (κ1) is 18.0. The normalized spacial score (nSPS) is 12.1. The summed E-state index contributed by atoms with van der Waals surface area (Å²) in [6.45, 7) is 7.67. The van der Waals surface area contributed by atoms with Gasteiger partial charge in [0.25, 0.3) is 0 Å². The maximum Gasteiger partial charge on any atom is 0.331 e. The molecular weight excluding hydrogens is 300 g/mol. The first-order chi connectivity index (χ1) is 11.7. The predicted octanol–water partition coefficient (Wildman–Crippen LogP) is 3.66. The third-order valence-electron chi connectivity index (χ3n) is 4.30. The van der Waals surface area contributed by atoms with E-state index in [1.54, 1.807) is 0 Å². The number of benzene rings is 2. The van der Waals surface area contributed by atoms with Crippen LogP contribution in [0.5, 0.6) is 0 Å². The van der Waals surface area contributed by atoms with Crippen LogP contribution in [0.15, 0.2) is 60.7 Å². The Morgan fingerprint density at radius 2 is 1.46 bits per heavy atom. The number of anilines is 1. The molecule has 4 heteroatoms. The van der Waals surface area contributed by atoms with E-state index in [-0.39, 0.29) is 0 Å². The Labute approximate surface area is 144 Å². The Morgan fingerprint density at radius 3 is 1.96 bits per heavy atom. The Balaban J connectivity index is 2.34. The summed E-state index contributed by atoms with van der Waals surface area (Å²) in [4.78, 5) is 16.3. The van der Waals surface area contributed by atoms with Gasteiger partial charge in [-0.3, -0.25) is 0 Å². The van der Waals surface area contributed by atoms with Crippen LogP contribution in [0.4, 0.5) is 5.69 Å². The van der Waals surface area contributed by atoms with Crippen molar-refractivity contribution in [3.8, 4) is 0 Å². The smallest absolute Gasteiger partial charge is 0.331 e. The molecule has 2 rings (SSSR count). The predicted molar refractivity (Wildman–Crippen MR) is 98.4 cm³/mol. The lowest BCUT2D eigenvalue weighted by molar-refractivity contribution is -0.138. The number of aliphatic carboxylic acids is 1. The van der Waals surface area contributed by atoms with Gasteiger partial charge in [0.2, 0.25) is 0 Å². The average Bonchev–Trinajstić information content (AvgIpc) is 2.62. The van der Waals surface area contributed by atoms with E-state index in [0.29, 0.717) is 6.54 Å². The van der Waals surface area contributed by atoms with Gasteiger partial charge in [0.15, 0.2) is 6.04 Å². The van der Waals surface area contributed by atoms with E-state index in [1.807, 2.05) is 65.6 Å². The van der Waals surface area contributed by atoms with Crippen molar-refractivity contribution >= 4 is 11.7 Å². The summed E-state index contributed by atoms with van der Waals surface area (Å²) >= 11 is 0. The molecule has 0 spiro atoms. The number of carbonyl (C=O) groups is 1. The second-order valence-corrected chi connectivity index (χ2v) is 5.71. The highest BCUT2D eigenvalue weighted by atomic mass is 16.4. The van der Waals surface area contributed by atoms with Gasteiger partial charge in [-0.25, -0.2) is 4.79 Å². The van der Waals surface area contributed by atoms with Crippen molar-refractivity contribution in [2.75, 3.05) is 31.1 Å². The zero-order chi connectivity index (χ0) is 17.4. The molecule has 4 nitrogen and oxygen atoms in total. The summed E-state index contributed by atoms with van der Waals surface area (Å²) in [6, 6.07) is 18.5. The molecule has 0 aromatic heterocycles. The van der Waals surface area contributed by atoms with Crippen LogP contribution < -0.4 is 4.90 Å². The molecule has 1 unspecified atom stereocenters. The van der Waals surface area contributed by atoms with Crippen LogP contribution in [0.1, 0.15) is 25.5 Å². The highest BCUT2D eigenvalue weighted by Gasteiger charge is 2.27. The molecular formula is C20H26N2O2. The maximum absolute atomic E-state index is 12.0. The highest BCUT2D eigenvalue weighted by Crippen LogP contribution is 2.27. The molecule has 0 bridgehead atoms. The zero-order valence-corrected chi connectivity index (χ0v) is 14.4. The fourth-order valence-electron chi connectivity index (χ4n) is 2.91. The molecule has 0 heterocycles. The lowest BCUT2D eigenvalue weighted by atomic mass is 10.0. The number of nitrogens with zero attached hydrogens (tertiary/aromatic N) is 2. The fraction of sp³-hybridized carbons (Fsp3) is 0.350. The van der Waals surface area contributed by atoms with Crippen LogP contribution in [0.2, 0.25) is 0 Å². The van der Waals surface area contributed by atoms with Crippen molar-refractivity contribution in [3.05, 3.63) is 66.2 Å². The SMILES string of the molecule is CCN(CC)CCN(c1ccccc1)C(C(=O)O)c1ccccc1. The number of rotatable bonds is 9. The third-order valence-corrected chi connectivity index (χ3v) is 4.30. The lowest BCUT2D eigenvalue weighted by Crippen LogP contribution is -2.40. The standard InChI is InChI=1S/C20H26N2O2/c1-3-21(4-2)15-16-22(18-13-9-6-10-14-18)19(20(23)24)17-11-7-5-8-12-17/h5-14,19H,3-4,15-16H2,1-2H3,(H,23,24). The van der Waals surface area contributed by atoms with E-state index < -0.39 is 12.0 Å². The molecule has 1 N–H and O–H groups in total. The lowest BCUT2D eigenvalue weighted by Gasteiger charge is -2.33. The van der Waals surface area contributed by atoms with Gasteiger partial charge < -0.3 is 14.9 Å². The second-order valence-electron chi connectivity index (χ2n) is 5.71. The molecule has 0 saturated heterocycles. The highest BCUT2D eigenvalue weighted by molar-refractivity contribution is 5.80. The minimum absolute atomic E-state index is 0.664. The molecule has 2 aromatic carbocycles. The zero-order valence-electron chi connectivity index (χ0n) is 14.4. The fourth-order valence-corrected chi connectivity index (χ4v) is 2.91. The Hall–Kier alpha value is -2.33. The number of hydrogen-bond acceptors (Lipinski definition) is 3. The van der Waals surface area contributed by atoms with E-state index in [1.165, 1.54) is 0 Å². The van der Waals surface area contributed by atoms with Gasteiger partial charge in [0.1, 0.15) is 0 Å². The van der Waals surface area contributed by atoms with Crippen LogP contribution in [-0.4, -0.2) is 42.2 Å². The summed E-state index contributed by atoms with van der Waals surface area (Å²) in [6.07, 6.45) is 0. The van der Waals surface area contributed by atoms with Crippen molar-refractivity contribution in [1.29, 1.82) is 0 Å². The molecule has 128 valence electrons. The second kappa shape index (κ2) is 9.08. The molecule has 0 aliphatic carbocycles. The van der Waals surface area contributed by atoms with Crippen molar-refractivity contribution < 1.29 is 9.90 Å². The molecule has 2 aromatic rings. The van der Waals surface area contributed by atoms with Crippen molar-refractivity contribution in [3.63, 3.8) is 0 Å². The summed E-state index contributed by atoms with van der Waals surface area (Å²) in [5.74, 6) is -0.829. The number of likely N-dealkylation sites (N-methyl/N-ethyl adjacent to an activating group) is 1. The van der Waals surface area contributed by atoms with E-state index >= 15 is 0 Å². The van der Waals surface area contributed by atoms with Gasteiger partial charge in [0.05, 0.1) is 0 Å². The van der Waals surface area contributed by atoms with Crippen LogP contribution in [0, 0.1) is 0 Å². The van der Waals surface area contributed by atoms with Crippen molar-refractivity contribution in [2.24, 2.45) is 0 Å². The number of carboxylic acids is 1. The summed E-state index contributed by atoms with van der Waals surface area (Å²) in [5, 5.41) is 9.88. The van der Waals surface area contributed by atoms with Gasteiger partial charge >= 0.3 is 5.97 Å². The van der Waals surface area contributed by atoms with Crippen molar-refractivity contribution in [1.82, 2.24) is 4.90 Å². The summed E-state index contributed by atoms with van der Waals surface area (Å²) in [7, 11) is 0. The topological polar surface area (TPSA) is 43.8 Å². The molecule has 0 fully saturated rings. The number of hydrogen-bond donors (Lipinski definition) is 1. The number of carboxylic acid groups (broad SMARTS) is 1. The molecule has 0 amide bonds. The number of para-hydroxylation sites is 1. The van der Waals surface area contributed by atoms with E-state index in [9.17, 15) is 9.90 Å². The Bertz CT molecular complexity index is 612. The van der Waals surface area contributed by atoms with Crippen LogP contribution in [0.25, 0.3) is 0 Å². The van der Waals surface area contributed by atoms with Gasteiger partial charge in [-0.15, -0.1) is 0 Å². The van der Waals surface area contributed by atoms with Crippen LogP contribution >= 0.6 is 0 Å². The maximum atomic E-state index is 12.0. The monoisotopic (exact) mass is 326 g/mol. The molecule has 0 aliphatic heterocycles. The average molecular weight is 326 g/mol. The van der Waals surface area contributed by atoms with E-state index in [4.69, 9.17) is 0 Å². The summed E-state index contributed by atoms with van der Waals surface area (Å²) in [5.41, 5.74) is 1.73. The molecule has 0 saturated carbocycles.